The van der Waals surface area contributed by atoms with Gasteiger partial charge in [0.05, 0.1) is 18.9 Å². The summed E-state index contributed by atoms with van der Waals surface area (Å²) in [6.45, 7) is 0.652. The van der Waals surface area contributed by atoms with Crippen LogP contribution < -0.4 is 5.32 Å². The van der Waals surface area contributed by atoms with E-state index in [1.165, 1.54) is 7.05 Å². The van der Waals surface area contributed by atoms with Gasteiger partial charge in [-0.15, -0.1) is 0 Å². The van der Waals surface area contributed by atoms with Crippen molar-refractivity contribution in [2.24, 2.45) is 0 Å². The Labute approximate surface area is 128 Å². The summed E-state index contributed by atoms with van der Waals surface area (Å²) < 4.78 is 30.1. The van der Waals surface area contributed by atoms with E-state index >= 15 is 0 Å². The molecule has 1 rings (SSSR count). The molecule has 0 bridgehead atoms. The number of rotatable bonds is 8. The van der Waals surface area contributed by atoms with Gasteiger partial charge in [0, 0.05) is 27.3 Å². The van der Waals surface area contributed by atoms with Gasteiger partial charge in [-0.1, -0.05) is 0 Å². The normalized spacial score (nSPS) is 11.6. The summed E-state index contributed by atoms with van der Waals surface area (Å²) in [5.41, 5.74) is 0. The number of aromatic nitrogens is 2. The lowest BCUT2D eigenvalue weighted by molar-refractivity contribution is -0.121. The van der Waals surface area contributed by atoms with E-state index in [1.807, 2.05) is 0 Å². The van der Waals surface area contributed by atoms with Crippen molar-refractivity contribution >= 4 is 27.5 Å². The van der Waals surface area contributed by atoms with Gasteiger partial charge in [0.15, 0.2) is 0 Å². The first-order valence-corrected chi connectivity index (χ1v) is 7.89. The number of methoxy groups -OCH3 is 1. The van der Waals surface area contributed by atoms with Gasteiger partial charge in [0.2, 0.25) is 21.2 Å². The summed E-state index contributed by atoms with van der Waals surface area (Å²) >= 11 is 5.50. The second-order valence-corrected chi connectivity index (χ2v) is 6.53. The van der Waals surface area contributed by atoms with Crippen molar-refractivity contribution in [2.75, 3.05) is 33.9 Å². The highest BCUT2D eigenvalue weighted by Gasteiger charge is 2.23. The Kier molecular flexibility index (Phi) is 6.96. The van der Waals surface area contributed by atoms with Crippen LogP contribution in [0.2, 0.25) is 5.28 Å². The SMILES string of the molecule is COCCCNC(=O)CN(C)S(=O)(=O)c1cnc(Cl)nc1. The number of amides is 1. The molecule has 0 aromatic carbocycles. The molecule has 1 N–H and O–H groups in total. The summed E-state index contributed by atoms with van der Waals surface area (Å²) in [5.74, 6) is -0.396. The molecule has 1 heterocycles. The first-order valence-electron chi connectivity index (χ1n) is 6.07. The number of nitrogens with zero attached hydrogens (tertiary/aromatic N) is 3. The fourth-order valence-electron chi connectivity index (χ4n) is 1.40. The topological polar surface area (TPSA) is 101 Å². The molecule has 118 valence electrons. The third-order valence-corrected chi connectivity index (χ3v) is 4.47. The van der Waals surface area contributed by atoms with Gasteiger partial charge in [-0.05, 0) is 18.0 Å². The van der Waals surface area contributed by atoms with Crippen molar-refractivity contribution in [3.8, 4) is 0 Å². The molecule has 0 aliphatic rings. The molecule has 0 aliphatic carbocycles. The smallest absolute Gasteiger partial charge is 0.246 e. The van der Waals surface area contributed by atoms with Crippen molar-refractivity contribution in [3.05, 3.63) is 17.7 Å². The van der Waals surface area contributed by atoms with E-state index in [2.05, 4.69) is 15.3 Å². The molecule has 21 heavy (non-hydrogen) atoms. The predicted molar refractivity (Wildman–Crippen MR) is 76.4 cm³/mol. The Balaban J connectivity index is 2.59. The van der Waals surface area contributed by atoms with Gasteiger partial charge in [-0.25, -0.2) is 18.4 Å². The highest BCUT2D eigenvalue weighted by atomic mass is 35.5. The van der Waals surface area contributed by atoms with E-state index in [1.54, 1.807) is 7.11 Å². The maximum Gasteiger partial charge on any atom is 0.246 e. The summed E-state index contributed by atoms with van der Waals surface area (Å²) in [7, 11) is -0.952. The Hall–Kier alpha value is -1.29. The second kappa shape index (κ2) is 8.23. The highest BCUT2D eigenvalue weighted by Crippen LogP contribution is 2.12. The molecule has 0 radical (unpaired) electrons. The Morgan fingerprint density at radius 2 is 2.05 bits per heavy atom. The molecule has 0 spiro atoms. The lowest BCUT2D eigenvalue weighted by Gasteiger charge is -2.16. The molecular formula is C11H17ClN4O4S. The maximum atomic E-state index is 12.2. The number of hydrogen-bond acceptors (Lipinski definition) is 6. The number of carbonyl (C=O) groups excluding carboxylic acids is 1. The van der Waals surface area contributed by atoms with Crippen LogP contribution in [0, 0.1) is 0 Å². The van der Waals surface area contributed by atoms with E-state index in [4.69, 9.17) is 16.3 Å². The van der Waals surface area contributed by atoms with Gasteiger partial charge in [-0.2, -0.15) is 4.31 Å². The van der Waals surface area contributed by atoms with Crippen LogP contribution in [0.15, 0.2) is 17.3 Å². The van der Waals surface area contributed by atoms with Crippen LogP contribution in [-0.4, -0.2) is 62.5 Å². The predicted octanol–water partition coefficient (Wildman–Crippen LogP) is -0.0968. The van der Waals surface area contributed by atoms with Crippen LogP contribution in [-0.2, 0) is 19.6 Å². The van der Waals surface area contributed by atoms with Gasteiger partial charge in [0.25, 0.3) is 0 Å². The molecule has 0 saturated carbocycles. The average Bonchev–Trinajstić information content (AvgIpc) is 2.44. The summed E-state index contributed by atoms with van der Waals surface area (Å²) in [4.78, 5) is 18.7. The number of sulfonamides is 1. The second-order valence-electron chi connectivity index (χ2n) is 4.15. The molecular weight excluding hydrogens is 320 g/mol. The van der Waals surface area contributed by atoms with Crippen molar-refractivity contribution in [2.45, 2.75) is 11.3 Å². The van der Waals surface area contributed by atoms with Crippen LogP contribution in [0.5, 0.6) is 0 Å². The third kappa shape index (κ3) is 5.54. The Morgan fingerprint density at radius 1 is 1.43 bits per heavy atom. The zero-order valence-corrected chi connectivity index (χ0v) is 13.3. The van der Waals surface area contributed by atoms with Crippen LogP contribution in [0.1, 0.15) is 6.42 Å². The first-order chi connectivity index (χ1) is 9.87. The molecule has 0 aliphatic heterocycles. The van der Waals surface area contributed by atoms with E-state index in [-0.39, 0.29) is 16.7 Å². The first kappa shape index (κ1) is 17.8. The summed E-state index contributed by atoms with van der Waals surface area (Å²) in [6, 6.07) is 0. The van der Waals surface area contributed by atoms with Crippen LogP contribution >= 0.6 is 11.6 Å². The maximum absolute atomic E-state index is 12.2. The van der Waals surface area contributed by atoms with E-state index in [0.29, 0.717) is 19.6 Å². The van der Waals surface area contributed by atoms with Crippen LogP contribution in [0.3, 0.4) is 0 Å². The van der Waals surface area contributed by atoms with Crippen molar-refractivity contribution in [3.63, 3.8) is 0 Å². The van der Waals surface area contributed by atoms with Gasteiger partial charge >= 0.3 is 0 Å². The van der Waals surface area contributed by atoms with E-state index in [9.17, 15) is 13.2 Å². The van der Waals surface area contributed by atoms with E-state index < -0.39 is 15.9 Å². The number of likely N-dealkylation sites (N-methyl/N-ethyl adjacent to an activating group) is 1. The van der Waals surface area contributed by atoms with Crippen LogP contribution in [0.4, 0.5) is 0 Å². The zero-order valence-electron chi connectivity index (χ0n) is 11.7. The fraction of sp³-hybridized carbons (Fsp3) is 0.545. The van der Waals surface area contributed by atoms with E-state index in [0.717, 1.165) is 16.7 Å². The molecule has 0 saturated heterocycles. The Morgan fingerprint density at radius 3 is 2.62 bits per heavy atom. The van der Waals surface area contributed by atoms with Gasteiger partial charge < -0.3 is 10.1 Å². The number of hydrogen-bond donors (Lipinski definition) is 1. The number of halogens is 1. The molecule has 1 aromatic heterocycles. The summed E-state index contributed by atoms with van der Waals surface area (Å²) in [5, 5.41) is 2.56. The number of nitrogens with one attached hydrogen (secondary N) is 1. The molecule has 0 unspecified atom stereocenters. The quantitative estimate of drug-likeness (QED) is 0.525. The van der Waals surface area contributed by atoms with Crippen molar-refractivity contribution in [1.29, 1.82) is 0 Å². The molecule has 0 fully saturated rings. The molecule has 10 heteroatoms. The van der Waals surface area contributed by atoms with Crippen molar-refractivity contribution < 1.29 is 17.9 Å². The molecule has 1 amide bonds. The minimum absolute atomic E-state index is 0.0486. The monoisotopic (exact) mass is 336 g/mol. The largest absolute Gasteiger partial charge is 0.385 e. The highest BCUT2D eigenvalue weighted by molar-refractivity contribution is 7.89. The number of ether oxygens (including phenoxy) is 1. The average molecular weight is 337 g/mol. The third-order valence-electron chi connectivity index (χ3n) is 2.52. The lowest BCUT2D eigenvalue weighted by atomic mass is 10.4. The standard InChI is InChI=1S/C11H17ClN4O4S/c1-16(8-10(17)13-4-3-5-20-2)21(18,19)9-6-14-11(12)15-7-9/h6-7H,3-5,8H2,1-2H3,(H,13,17). The molecule has 0 atom stereocenters. The minimum Gasteiger partial charge on any atom is -0.385 e. The van der Waals surface area contributed by atoms with Gasteiger partial charge in [0.1, 0.15) is 4.90 Å². The van der Waals surface area contributed by atoms with Crippen LogP contribution in [0.25, 0.3) is 0 Å². The Bertz CT molecular complexity index is 564. The molecule has 1 aromatic rings. The number of carbonyl (C=O) groups is 1. The lowest BCUT2D eigenvalue weighted by Crippen LogP contribution is -2.38. The zero-order chi connectivity index (χ0) is 15.9. The molecule has 8 nitrogen and oxygen atoms in total. The minimum atomic E-state index is -3.82. The fourth-order valence-corrected chi connectivity index (χ4v) is 2.52. The van der Waals surface area contributed by atoms with Crippen molar-refractivity contribution in [1.82, 2.24) is 19.6 Å². The summed E-state index contributed by atoms with van der Waals surface area (Å²) in [6.07, 6.45) is 2.85. The van der Waals surface area contributed by atoms with Gasteiger partial charge in [-0.3, -0.25) is 4.79 Å².